The molecule has 2 aromatic rings. The molecular weight excluding hydrogens is 526 g/mol. The van der Waals surface area contributed by atoms with Gasteiger partial charge in [0.25, 0.3) is 0 Å². The van der Waals surface area contributed by atoms with E-state index in [9.17, 15) is 0 Å². The molecule has 0 saturated heterocycles. The van der Waals surface area contributed by atoms with Crippen molar-refractivity contribution in [3.8, 4) is 0 Å². The molecule has 0 aromatic heterocycles. The van der Waals surface area contributed by atoms with Crippen molar-refractivity contribution in [2.24, 2.45) is 0 Å². The van der Waals surface area contributed by atoms with E-state index in [0.717, 1.165) is 16.5 Å². The van der Waals surface area contributed by atoms with E-state index in [2.05, 4.69) is 0 Å². The maximum atomic E-state index is 6.25. The first-order valence-corrected chi connectivity index (χ1v) is 25.3. The monoisotopic (exact) mass is 532 g/mol. The number of benzene rings is 2. The van der Waals surface area contributed by atoms with Gasteiger partial charge in [-0.2, -0.15) is 0 Å². The Morgan fingerprint density at radius 3 is 1.05 bits per heavy atom. The molecular formula is C13H10Cl7Sb. The number of rotatable bonds is 2. The van der Waals surface area contributed by atoms with Crippen LogP contribution in [-0.2, 0) is 0 Å². The SMILES string of the molecule is Cl[C+](c1ccccc1)c1ccccc1.[Cl][Sb-]([Cl])([Cl])([Cl])([Cl])[Cl]. The Labute approximate surface area is 149 Å². The third-order valence-electron chi connectivity index (χ3n) is 2.05. The molecule has 0 heterocycles. The molecule has 0 saturated carbocycles. The standard InChI is InChI=1S/C13H10Cl.6ClH.Sb/c14-13(11-7-3-1-4-8-11)12-9-5-2-6-10-12;;;;;;;/h1-10H;6*1H;/q+1;;;;;;;+5/p-6. The van der Waals surface area contributed by atoms with E-state index >= 15 is 0 Å². The third kappa shape index (κ3) is 12.3. The van der Waals surface area contributed by atoms with Crippen LogP contribution < -0.4 is 0 Å². The van der Waals surface area contributed by atoms with Crippen LogP contribution in [0.3, 0.4) is 0 Å². The normalized spacial score (nSPS) is 14.2. The van der Waals surface area contributed by atoms with Crippen molar-refractivity contribution < 1.29 is 0 Å². The Balaban J connectivity index is 0.000000270. The van der Waals surface area contributed by atoms with Crippen molar-refractivity contribution in [3.63, 3.8) is 0 Å². The Morgan fingerprint density at radius 1 is 0.571 bits per heavy atom. The first-order chi connectivity index (χ1) is 9.33. The molecule has 0 N–H and O–H groups in total. The molecule has 0 aliphatic rings. The molecule has 21 heavy (non-hydrogen) atoms. The number of hydrogen-bond acceptors (Lipinski definition) is 0. The predicted octanol–water partition coefficient (Wildman–Crippen LogP) is 7.61. The van der Waals surface area contributed by atoms with Crippen molar-refractivity contribution in [2.75, 3.05) is 0 Å². The zero-order chi connectivity index (χ0) is 16.2. The summed E-state index contributed by atoms with van der Waals surface area (Å²) in [6, 6.07) is 20.0. The van der Waals surface area contributed by atoms with E-state index in [1.807, 2.05) is 60.7 Å². The van der Waals surface area contributed by atoms with Gasteiger partial charge >= 0.3 is 62.1 Å². The van der Waals surface area contributed by atoms with Crippen LogP contribution in [-0.4, -0.2) is 9.14 Å². The van der Waals surface area contributed by atoms with Gasteiger partial charge in [-0.1, -0.05) is 0 Å². The van der Waals surface area contributed by atoms with Crippen LogP contribution in [0.25, 0.3) is 0 Å². The van der Waals surface area contributed by atoms with Crippen LogP contribution in [0.4, 0.5) is 0 Å². The zero-order valence-electron chi connectivity index (χ0n) is 10.4. The first kappa shape index (κ1) is 20.2. The fraction of sp³-hybridized carbons (Fsp3) is 0. The van der Waals surface area contributed by atoms with E-state index in [0.29, 0.717) is 0 Å². The molecule has 0 amide bonds. The van der Waals surface area contributed by atoms with Crippen molar-refractivity contribution in [3.05, 3.63) is 77.2 Å². The summed E-state index contributed by atoms with van der Waals surface area (Å²) < 4.78 is 0. The van der Waals surface area contributed by atoms with Crippen molar-refractivity contribution in [1.82, 2.24) is 0 Å². The van der Waals surface area contributed by atoms with Crippen molar-refractivity contribution in [2.45, 2.75) is 0 Å². The Morgan fingerprint density at radius 2 is 0.810 bits per heavy atom. The van der Waals surface area contributed by atoms with E-state index < -0.39 is 9.14 Å². The number of halogens is 7. The minimum absolute atomic E-state index is 0.797. The molecule has 2 aromatic carbocycles. The van der Waals surface area contributed by atoms with Gasteiger partial charge in [-0.3, -0.25) is 0 Å². The Bertz CT molecular complexity index is 512. The fourth-order valence-electron chi connectivity index (χ4n) is 1.34. The zero-order valence-corrected chi connectivity index (χ0v) is 18.2. The quantitative estimate of drug-likeness (QED) is 0.274. The topological polar surface area (TPSA) is 0 Å². The summed E-state index contributed by atoms with van der Waals surface area (Å²) in [6.07, 6.45) is 0. The van der Waals surface area contributed by atoms with Crippen LogP contribution in [0.2, 0.25) is 0 Å². The van der Waals surface area contributed by atoms with Gasteiger partial charge in [0.1, 0.15) is 5.38 Å². The van der Waals surface area contributed by atoms with E-state index in [4.69, 9.17) is 64.6 Å². The third-order valence-corrected chi connectivity index (χ3v) is 2.49. The van der Waals surface area contributed by atoms with Gasteiger partial charge in [0.05, 0.1) is 11.1 Å². The van der Waals surface area contributed by atoms with Gasteiger partial charge in [-0.05, 0) is 48.0 Å². The van der Waals surface area contributed by atoms with Crippen LogP contribution in [0.5, 0.6) is 0 Å². The summed E-state index contributed by atoms with van der Waals surface area (Å²) in [5.74, 6) is 0. The van der Waals surface area contributed by atoms with Gasteiger partial charge in [-0.15, -0.1) is 0 Å². The van der Waals surface area contributed by atoms with Gasteiger partial charge in [0.2, 0.25) is 0 Å². The van der Waals surface area contributed by atoms with Crippen molar-refractivity contribution >= 4 is 73.7 Å². The van der Waals surface area contributed by atoms with E-state index in [-0.39, 0.29) is 0 Å². The molecule has 0 radical (unpaired) electrons. The molecule has 116 valence electrons. The second-order valence-electron chi connectivity index (χ2n) is 4.00. The molecule has 0 aliphatic heterocycles. The van der Waals surface area contributed by atoms with E-state index in [1.54, 1.807) is 0 Å². The molecule has 8 heteroatoms. The number of hydrogen-bond donors (Lipinski definition) is 0. The molecule has 2 rings (SSSR count). The van der Waals surface area contributed by atoms with Gasteiger partial charge < -0.3 is 0 Å². The maximum absolute atomic E-state index is 6.25. The molecule has 0 aliphatic carbocycles. The second kappa shape index (κ2) is 6.96. The van der Waals surface area contributed by atoms with Crippen LogP contribution in [0.15, 0.2) is 60.7 Å². The van der Waals surface area contributed by atoms with Gasteiger partial charge in [-0.25, -0.2) is 0 Å². The first-order valence-electron chi connectivity index (χ1n) is 5.52. The summed E-state index contributed by atoms with van der Waals surface area (Å²) in [7, 11) is 25.0. The molecule has 0 unspecified atom stereocenters. The van der Waals surface area contributed by atoms with Crippen molar-refractivity contribution in [1.29, 1.82) is 0 Å². The molecule has 0 spiro atoms. The summed E-state index contributed by atoms with van der Waals surface area (Å²) in [6.45, 7) is 0. The summed E-state index contributed by atoms with van der Waals surface area (Å²) in [4.78, 5) is 0. The molecule has 0 fully saturated rings. The van der Waals surface area contributed by atoms with E-state index in [1.165, 1.54) is 0 Å². The average molecular weight is 536 g/mol. The fourth-order valence-corrected chi connectivity index (χ4v) is 1.59. The van der Waals surface area contributed by atoms with Gasteiger partial charge in [0, 0.05) is 24.3 Å². The summed E-state index contributed by atoms with van der Waals surface area (Å²) >= 11 is 6.25. The Kier molecular flexibility index (Phi) is 6.69. The predicted molar refractivity (Wildman–Crippen MR) is 101 cm³/mol. The van der Waals surface area contributed by atoms with Crippen LogP contribution in [0.1, 0.15) is 11.1 Å². The molecule has 0 nitrogen and oxygen atoms in total. The summed E-state index contributed by atoms with van der Waals surface area (Å²) in [5, 5.41) is 0.797. The second-order valence-corrected chi connectivity index (χ2v) is 61.3. The molecule has 0 atom stereocenters. The van der Waals surface area contributed by atoms with Gasteiger partial charge in [0.15, 0.2) is 0 Å². The molecule has 0 bridgehead atoms. The average Bonchev–Trinajstić information content (AvgIpc) is 2.36. The van der Waals surface area contributed by atoms with Crippen LogP contribution in [0, 0.1) is 5.38 Å². The minimum atomic E-state index is -5.42. The van der Waals surface area contributed by atoms with Crippen LogP contribution >= 0.6 is 64.6 Å². The summed E-state index contributed by atoms with van der Waals surface area (Å²) in [5.41, 5.74) is 2.11. The Hall–Kier alpha value is 1.16.